The van der Waals surface area contributed by atoms with Gasteiger partial charge in [0.2, 0.25) is 5.91 Å². The van der Waals surface area contributed by atoms with E-state index in [1.165, 1.54) is 23.5 Å². The number of halogens is 1. The number of nitrogens with zero attached hydrogens (tertiary/aromatic N) is 2. The molecule has 1 aromatic carbocycles. The normalized spacial score (nSPS) is 15.4. The standard InChI is InChI=1S/C23H25FN4O4S/c24-16-5-7-17(8-6-16)26-23-27-20(15-33-23)22(30)28(14-19-4-2-12-32-19)10-9-21(29)25-13-18-3-1-11-31-18/h2,4-8,12,15,18H,1,3,9-11,13-14H2,(H,25,29)(H,26,27). The fourth-order valence-corrected chi connectivity index (χ4v) is 4.15. The molecule has 8 nitrogen and oxygen atoms in total. The van der Waals surface area contributed by atoms with Gasteiger partial charge in [-0.2, -0.15) is 0 Å². The number of rotatable bonds is 10. The maximum atomic E-state index is 13.2. The molecule has 3 aromatic rings. The average Bonchev–Trinajstić information content (AvgIpc) is 3.59. The lowest BCUT2D eigenvalue weighted by Crippen LogP contribution is -2.37. The quantitative estimate of drug-likeness (QED) is 0.464. The van der Waals surface area contributed by atoms with Gasteiger partial charge < -0.3 is 24.7 Å². The van der Waals surface area contributed by atoms with Gasteiger partial charge in [0.05, 0.1) is 18.9 Å². The molecular weight excluding hydrogens is 447 g/mol. The van der Waals surface area contributed by atoms with Gasteiger partial charge in [0.1, 0.15) is 17.3 Å². The summed E-state index contributed by atoms with van der Waals surface area (Å²) in [6.45, 7) is 1.66. The predicted molar refractivity (Wildman–Crippen MR) is 122 cm³/mol. The zero-order valence-electron chi connectivity index (χ0n) is 18.0. The third kappa shape index (κ3) is 6.62. The van der Waals surface area contributed by atoms with Crippen molar-refractivity contribution in [2.24, 2.45) is 0 Å². The molecule has 10 heteroatoms. The second-order valence-electron chi connectivity index (χ2n) is 7.66. The lowest BCUT2D eigenvalue weighted by atomic mass is 10.2. The smallest absolute Gasteiger partial charge is 0.273 e. The summed E-state index contributed by atoms with van der Waals surface area (Å²) in [6, 6.07) is 9.40. The molecule has 0 radical (unpaired) electrons. The summed E-state index contributed by atoms with van der Waals surface area (Å²) in [5, 5.41) is 8.10. The Labute approximate surface area is 194 Å². The van der Waals surface area contributed by atoms with Gasteiger partial charge in [-0.15, -0.1) is 11.3 Å². The number of ether oxygens (including phenoxy) is 1. The highest BCUT2D eigenvalue weighted by molar-refractivity contribution is 7.14. The van der Waals surface area contributed by atoms with Crippen molar-refractivity contribution in [1.29, 1.82) is 0 Å². The Balaban J connectivity index is 1.37. The van der Waals surface area contributed by atoms with E-state index < -0.39 is 0 Å². The number of thiazole rings is 1. The Morgan fingerprint density at radius 2 is 2.09 bits per heavy atom. The minimum atomic E-state index is -0.330. The van der Waals surface area contributed by atoms with Crippen LogP contribution in [0.4, 0.5) is 15.2 Å². The van der Waals surface area contributed by atoms with Gasteiger partial charge in [0.25, 0.3) is 5.91 Å². The highest BCUT2D eigenvalue weighted by atomic mass is 32.1. The molecule has 1 aliphatic rings. The molecule has 1 aliphatic heterocycles. The van der Waals surface area contributed by atoms with Crippen molar-refractivity contribution in [2.75, 3.05) is 25.0 Å². The molecule has 1 saturated heterocycles. The summed E-state index contributed by atoms with van der Waals surface area (Å²) in [5.41, 5.74) is 0.927. The van der Waals surface area contributed by atoms with Crippen LogP contribution in [-0.4, -0.2) is 47.5 Å². The molecule has 0 aliphatic carbocycles. The number of carbonyl (C=O) groups excluding carboxylic acids is 2. The van der Waals surface area contributed by atoms with E-state index in [1.807, 2.05) is 0 Å². The van der Waals surface area contributed by atoms with Gasteiger partial charge in [0.15, 0.2) is 5.13 Å². The molecule has 0 spiro atoms. The molecule has 1 fully saturated rings. The lowest BCUT2D eigenvalue weighted by Gasteiger charge is -2.21. The van der Waals surface area contributed by atoms with E-state index in [-0.39, 0.29) is 48.9 Å². The van der Waals surface area contributed by atoms with Crippen molar-refractivity contribution in [2.45, 2.75) is 31.9 Å². The minimum Gasteiger partial charge on any atom is -0.467 e. The number of hydrogen-bond donors (Lipinski definition) is 2. The number of aromatic nitrogens is 1. The zero-order valence-corrected chi connectivity index (χ0v) is 18.8. The predicted octanol–water partition coefficient (Wildman–Crippen LogP) is 3.95. The SMILES string of the molecule is O=C(CCN(Cc1ccco1)C(=O)c1csc(Nc2ccc(F)cc2)n1)NCC1CCCO1. The van der Waals surface area contributed by atoms with E-state index in [1.54, 1.807) is 40.8 Å². The van der Waals surface area contributed by atoms with E-state index in [0.29, 0.717) is 23.1 Å². The van der Waals surface area contributed by atoms with Crippen LogP contribution in [0.3, 0.4) is 0 Å². The van der Waals surface area contributed by atoms with E-state index in [4.69, 9.17) is 9.15 Å². The Hall–Kier alpha value is -3.24. The van der Waals surface area contributed by atoms with E-state index >= 15 is 0 Å². The molecule has 174 valence electrons. The van der Waals surface area contributed by atoms with E-state index in [9.17, 15) is 14.0 Å². The van der Waals surface area contributed by atoms with Gasteiger partial charge >= 0.3 is 0 Å². The van der Waals surface area contributed by atoms with Crippen LogP contribution in [0.15, 0.2) is 52.5 Å². The van der Waals surface area contributed by atoms with Gasteiger partial charge in [-0.3, -0.25) is 9.59 Å². The second-order valence-corrected chi connectivity index (χ2v) is 8.52. The van der Waals surface area contributed by atoms with Gasteiger partial charge in [-0.1, -0.05) is 0 Å². The fraction of sp³-hybridized carbons (Fsp3) is 0.348. The number of hydrogen-bond acceptors (Lipinski definition) is 7. The molecule has 1 atom stereocenters. The lowest BCUT2D eigenvalue weighted by molar-refractivity contribution is -0.121. The third-order valence-electron chi connectivity index (χ3n) is 5.19. The van der Waals surface area contributed by atoms with Crippen molar-refractivity contribution in [1.82, 2.24) is 15.2 Å². The number of carbonyl (C=O) groups is 2. The Morgan fingerprint density at radius 3 is 2.82 bits per heavy atom. The first-order chi connectivity index (χ1) is 16.1. The van der Waals surface area contributed by atoms with Crippen molar-refractivity contribution in [3.8, 4) is 0 Å². The van der Waals surface area contributed by atoms with Crippen LogP contribution in [0, 0.1) is 5.82 Å². The summed E-state index contributed by atoms with van der Waals surface area (Å²) in [7, 11) is 0. The first kappa shape index (κ1) is 22.9. The van der Waals surface area contributed by atoms with Crippen LogP contribution in [0.5, 0.6) is 0 Å². The van der Waals surface area contributed by atoms with Crippen LogP contribution in [-0.2, 0) is 16.1 Å². The van der Waals surface area contributed by atoms with Crippen LogP contribution in [0.2, 0.25) is 0 Å². The highest BCUT2D eigenvalue weighted by Gasteiger charge is 2.22. The number of benzene rings is 1. The van der Waals surface area contributed by atoms with Gasteiger partial charge in [0, 0.05) is 37.2 Å². The largest absolute Gasteiger partial charge is 0.467 e. The van der Waals surface area contributed by atoms with Crippen LogP contribution >= 0.6 is 11.3 Å². The first-order valence-electron chi connectivity index (χ1n) is 10.7. The molecule has 2 amide bonds. The molecule has 33 heavy (non-hydrogen) atoms. The van der Waals surface area contributed by atoms with Crippen molar-refractivity contribution < 1.29 is 23.1 Å². The summed E-state index contributed by atoms with van der Waals surface area (Å²) >= 11 is 1.27. The summed E-state index contributed by atoms with van der Waals surface area (Å²) in [5.74, 6) is -0.159. The molecule has 3 heterocycles. The Kier molecular flexibility index (Phi) is 7.69. The third-order valence-corrected chi connectivity index (χ3v) is 5.95. The molecule has 2 aromatic heterocycles. The molecular formula is C23H25FN4O4S. The zero-order chi connectivity index (χ0) is 23.0. The summed E-state index contributed by atoms with van der Waals surface area (Å²) in [4.78, 5) is 31.4. The first-order valence-corrected chi connectivity index (χ1v) is 11.6. The number of furan rings is 1. The molecule has 4 rings (SSSR count). The van der Waals surface area contributed by atoms with E-state index in [2.05, 4.69) is 15.6 Å². The Morgan fingerprint density at radius 1 is 1.24 bits per heavy atom. The van der Waals surface area contributed by atoms with Crippen LogP contribution in [0.1, 0.15) is 35.5 Å². The van der Waals surface area contributed by atoms with Crippen LogP contribution < -0.4 is 10.6 Å². The molecule has 2 N–H and O–H groups in total. The monoisotopic (exact) mass is 472 g/mol. The van der Waals surface area contributed by atoms with Gasteiger partial charge in [-0.25, -0.2) is 9.37 Å². The summed E-state index contributed by atoms with van der Waals surface area (Å²) < 4.78 is 24.0. The van der Waals surface area contributed by atoms with Crippen molar-refractivity contribution in [3.63, 3.8) is 0 Å². The van der Waals surface area contributed by atoms with Crippen molar-refractivity contribution >= 4 is 34.0 Å². The van der Waals surface area contributed by atoms with E-state index in [0.717, 1.165) is 19.4 Å². The van der Waals surface area contributed by atoms with Gasteiger partial charge in [-0.05, 0) is 49.2 Å². The maximum Gasteiger partial charge on any atom is 0.273 e. The number of amides is 2. The second kappa shape index (κ2) is 11.1. The number of nitrogens with one attached hydrogen (secondary N) is 2. The molecule has 0 bridgehead atoms. The Bertz CT molecular complexity index is 1050. The summed E-state index contributed by atoms with van der Waals surface area (Å²) in [6.07, 6.45) is 3.72. The van der Waals surface area contributed by atoms with Crippen LogP contribution in [0.25, 0.3) is 0 Å². The molecule has 0 saturated carbocycles. The van der Waals surface area contributed by atoms with Crippen molar-refractivity contribution in [3.05, 3.63) is 65.3 Å². The topological polar surface area (TPSA) is 96.7 Å². The fourth-order valence-electron chi connectivity index (χ4n) is 3.45. The average molecular weight is 473 g/mol. The number of anilines is 2. The minimum absolute atomic E-state index is 0.0665. The highest BCUT2D eigenvalue weighted by Crippen LogP contribution is 2.22. The maximum absolute atomic E-state index is 13.2. The molecule has 1 unspecified atom stereocenters.